The number of hydrogen-bond acceptors (Lipinski definition) is 3. The number of anilines is 2. The largest absolute Gasteiger partial charge is 0.399 e. The summed E-state index contributed by atoms with van der Waals surface area (Å²) in [5.74, 6) is -0.143. The van der Waals surface area contributed by atoms with Crippen LogP contribution in [-0.2, 0) is 4.79 Å². The number of hydrogen-bond donors (Lipinski definition) is 2. The molecule has 1 saturated carbocycles. The first kappa shape index (κ1) is 11.1. The second-order valence-corrected chi connectivity index (χ2v) is 4.95. The van der Waals surface area contributed by atoms with E-state index in [0.717, 1.165) is 25.7 Å². The molecular formula is C13H15N3O2. The lowest BCUT2D eigenvalue weighted by molar-refractivity contribution is -0.121. The summed E-state index contributed by atoms with van der Waals surface area (Å²) in [6.45, 7) is 0. The van der Waals surface area contributed by atoms with Gasteiger partial charge in [0.1, 0.15) is 5.54 Å². The highest BCUT2D eigenvalue weighted by Crippen LogP contribution is 2.37. The van der Waals surface area contributed by atoms with Gasteiger partial charge in [0, 0.05) is 5.69 Å². The van der Waals surface area contributed by atoms with Crippen molar-refractivity contribution >= 4 is 23.3 Å². The van der Waals surface area contributed by atoms with Gasteiger partial charge in [-0.1, -0.05) is 18.9 Å². The van der Waals surface area contributed by atoms with E-state index in [-0.39, 0.29) is 11.9 Å². The fraction of sp³-hybridized carbons (Fsp3) is 0.385. The van der Waals surface area contributed by atoms with Crippen LogP contribution in [0.3, 0.4) is 0 Å². The molecule has 3 amide bonds. The molecule has 18 heavy (non-hydrogen) atoms. The van der Waals surface area contributed by atoms with Crippen molar-refractivity contribution in [3.63, 3.8) is 0 Å². The Morgan fingerprint density at radius 2 is 1.94 bits per heavy atom. The molecule has 1 aliphatic heterocycles. The molecule has 5 nitrogen and oxygen atoms in total. The van der Waals surface area contributed by atoms with Crippen LogP contribution >= 0.6 is 0 Å². The second kappa shape index (κ2) is 3.73. The Hall–Kier alpha value is -2.04. The molecule has 1 aromatic rings. The second-order valence-electron chi connectivity index (χ2n) is 4.95. The van der Waals surface area contributed by atoms with Crippen LogP contribution in [0.2, 0.25) is 0 Å². The molecular weight excluding hydrogens is 230 g/mol. The SMILES string of the molecule is Nc1cccc(N2C(=O)NC3(CCCC3)C2=O)c1. The minimum Gasteiger partial charge on any atom is -0.399 e. The van der Waals surface area contributed by atoms with Gasteiger partial charge in [-0.2, -0.15) is 0 Å². The molecule has 2 aliphatic rings. The third-order valence-corrected chi connectivity index (χ3v) is 3.75. The van der Waals surface area contributed by atoms with Crippen LogP contribution in [0, 0.1) is 0 Å². The van der Waals surface area contributed by atoms with Crippen LogP contribution in [0.1, 0.15) is 25.7 Å². The average Bonchev–Trinajstić information content (AvgIpc) is 2.87. The zero-order chi connectivity index (χ0) is 12.8. The Bertz CT molecular complexity index is 521. The number of benzene rings is 1. The standard InChI is InChI=1S/C13H15N3O2/c14-9-4-3-5-10(8-9)16-11(17)13(15-12(16)18)6-1-2-7-13/h3-5,8H,1-2,6-7,14H2,(H,15,18). The van der Waals surface area contributed by atoms with Crippen LogP contribution < -0.4 is 16.0 Å². The number of nitrogens with two attached hydrogens (primary N) is 1. The summed E-state index contributed by atoms with van der Waals surface area (Å²) in [6, 6.07) is 6.50. The summed E-state index contributed by atoms with van der Waals surface area (Å²) in [5, 5.41) is 2.84. The van der Waals surface area contributed by atoms with Crippen LogP contribution in [0.25, 0.3) is 0 Å². The molecule has 0 bridgehead atoms. The van der Waals surface area contributed by atoms with Gasteiger partial charge in [0.2, 0.25) is 0 Å². The monoisotopic (exact) mass is 245 g/mol. The molecule has 1 saturated heterocycles. The highest BCUT2D eigenvalue weighted by molar-refractivity contribution is 6.23. The number of urea groups is 1. The molecule has 0 aromatic heterocycles. The molecule has 3 N–H and O–H groups in total. The van der Waals surface area contributed by atoms with Gasteiger partial charge >= 0.3 is 6.03 Å². The van der Waals surface area contributed by atoms with E-state index in [4.69, 9.17) is 5.73 Å². The quantitative estimate of drug-likeness (QED) is 0.583. The first-order valence-corrected chi connectivity index (χ1v) is 6.15. The molecule has 94 valence electrons. The number of carbonyl (C=O) groups is 2. The summed E-state index contributed by atoms with van der Waals surface area (Å²) in [4.78, 5) is 25.7. The zero-order valence-corrected chi connectivity index (χ0v) is 9.98. The van der Waals surface area contributed by atoms with Crippen LogP contribution in [0.15, 0.2) is 24.3 Å². The van der Waals surface area contributed by atoms with E-state index >= 15 is 0 Å². The third kappa shape index (κ3) is 1.47. The number of imide groups is 1. The molecule has 5 heteroatoms. The summed E-state index contributed by atoms with van der Waals surface area (Å²) in [5.41, 5.74) is 6.11. The van der Waals surface area contributed by atoms with E-state index in [2.05, 4.69) is 5.32 Å². The lowest BCUT2D eigenvalue weighted by Gasteiger charge is -2.20. The van der Waals surface area contributed by atoms with Gasteiger partial charge in [0.15, 0.2) is 0 Å². The maximum absolute atomic E-state index is 12.5. The van der Waals surface area contributed by atoms with Crippen LogP contribution in [-0.4, -0.2) is 17.5 Å². The molecule has 2 fully saturated rings. The summed E-state index contributed by atoms with van der Waals surface area (Å²) < 4.78 is 0. The molecule has 1 aromatic carbocycles. The Kier molecular flexibility index (Phi) is 2.29. The topological polar surface area (TPSA) is 75.4 Å². The number of nitrogens with zero attached hydrogens (tertiary/aromatic N) is 1. The zero-order valence-electron chi connectivity index (χ0n) is 9.98. The summed E-state index contributed by atoms with van der Waals surface area (Å²) in [6.07, 6.45) is 3.43. The summed E-state index contributed by atoms with van der Waals surface area (Å²) in [7, 11) is 0. The van der Waals surface area contributed by atoms with Gasteiger partial charge in [-0.05, 0) is 31.0 Å². The van der Waals surface area contributed by atoms with Crippen LogP contribution in [0.5, 0.6) is 0 Å². The molecule has 1 aliphatic carbocycles. The van der Waals surface area contributed by atoms with E-state index < -0.39 is 5.54 Å². The van der Waals surface area contributed by atoms with Crippen molar-refractivity contribution in [3.8, 4) is 0 Å². The molecule has 0 unspecified atom stereocenters. The Labute approximate surface area is 105 Å². The third-order valence-electron chi connectivity index (χ3n) is 3.75. The highest BCUT2D eigenvalue weighted by atomic mass is 16.2. The van der Waals surface area contributed by atoms with Crippen LogP contribution in [0.4, 0.5) is 16.2 Å². The predicted octanol–water partition coefficient (Wildman–Crippen LogP) is 1.64. The van der Waals surface area contributed by atoms with E-state index in [9.17, 15) is 9.59 Å². The number of rotatable bonds is 1. The maximum atomic E-state index is 12.5. The number of carbonyl (C=O) groups excluding carboxylic acids is 2. The minimum atomic E-state index is -0.665. The molecule has 0 radical (unpaired) electrons. The Balaban J connectivity index is 1.98. The van der Waals surface area contributed by atoms with Crippen molar-refractivity contribution < 1.29 is 9.59 Å². The Morgan fingerprint density at radius 1 is 1.22 bits per heavy atom. The highest BCUT2D eigenvalue weighted by Gasteiger charge is 2.52. The molecule has 3 rings (SSSR count). The normalized spacial score (nSPS) is 21.7. The first-order chi connectivity index (χ1) is 8.62. The van der Waals surface area contributed by atoms with Gasteiger partial charge in [0.05, 0.1) is 5.69 Å². The Morgan fingerprint density at radius 3 is 2.61 bits per heavy atom. The fourth-order valence-electron chi connectivity index (χ4n) is 2.84. The lowest BCUT2D eigenvalue weighted by Crippen LogP contribution is -2.44. The maximum Gasteiger partial charge on any atom is 0.329 e. The lowest BCUT2D eigenvalue weighted by atomic mass is 9.98. The van der Waals surface area contributed by atoms with E-state index in [1.54, 1.807) is 24.3 Å². The summed E-state index contributed by atoms with van der Waals surface area (Å²) >= 11 is 0. The fourth-order valence-corrected chi connectivity index (χ4v) is 2.84. The van der Waals surface area contributed by atoms with E-state index in [0.29, 0.717) is 11.4 Å². The van der Waals surface area contributed by atoms with Crippen molar-refractivity contribution in [2.45, 2.75) is 31.2 Å². The minimum absolute atomic E-state index is 0.143. The van der Waals surface area contributed by atoms with Gasteiger partial charge in [0.25, 0.3) is 5.91 Å². The van der Waals surface area contributed by atoms with Gasteiger partial charge in [-0.3, -0.25) is 4.79 Å². The van der Waals surface area contributed by atoms with Crippen molar-refractivity contribution in [1.29, 1.82) is 0 Å². The molecule has 0 atom stereocenters. The number of nitrogen functional groups attached to an aromatic ring is 1. The van der Waals surface area contributed by atoms with E-state index in [1.807, 2.05) is 0 Å². The van der Waals surface area contributed by atoms with Crippen molar-refractivity contribution in [3.05, 3.63) is 24.3 Å². The molecule has 1 heterocycles. The number of nitrogens with one attached hydrogen (secondary N) is 1. The average molecular weight is 245 g/mol. The van der Waals surface area contributed by atoms with Crippen molar-refractivity contribution in [2.24, 2.45) is 0 Å². The van der Waals surface area contributed by atoms with Crippen molar-refractivity contribution in [1.82, 2.24) is 5.32 Å². The van der Waals surface area contributed by atoms with Gasteiger partial charge < -0.3 is 11.1 Å². The predicted molar refractivity (Wildman–Crippen MR) is 68.1 cm³/mol. The first-order valence-electron chi connectivity index (χ1n) is 6.15. The molecule has 1 spiro atoms. The smallest absolute Gasteiger partial charge is 0.329 e. The van der Waals surface area contributed by atoms with Crippen molar-refractivity contribution in [2.75, 3.05) is 10.6 Å². The van der Waals surface area contributed by atoms with Gasteiger partial charge in [-0.15, -0.1) is 0 Å². The van der Waals surface area contributed by atoms with E-state index in [1.165, 1.54) is 4.90 Å². The number of amides is 3. The van der Waals surface area contributed by atoms with Gasteiger partial charge in [-0.25, -0.2) is 9.69 Å².